The first-order chi connectivity index (χ1) is 9.81. The van der Waals surface area contributed by atoms with Crippen LogP contribution in [0.3, 0.4) is 0 Å². The molecule has 1 aromatic carbocycles. The van der Waals surface area contributed by atoms with Crippen molar-refractivity contribution in [1.82, 2.24) is 10.2 Å². The first-order valence-electron chi connectivity index (χ1n) is 6.84. The summed E-state index contributed by atoms with van der Waals surface area (Å²) in [4.78, 5) is 2.18. The van der Waals surface area contributed by atoms with Crippen LogP contribution in [0.25, 0.3) is 0 Å². The van der Waals surface area contributed by atoms with Crippen molar-refractivity contribution >= 4 is 5.84 Å². The van der Waals surface area contributed by atoms with Crippen molar-refractivity contribution in [2.24, 2.45) is 10.9 Å². The van der Waals surface area contributed by atoms with E-state index in [-0.39, 0.29) is 11.4 Å². The number of likely N-dealkylation sites (N-methyl/N-ethyl adjacent to an activating group) is 1. The summed E-state index contributed by atoms with van der Waals surface area (Å²) in [7, 11) is 5.70. The molecule has 0 bridgehead atoms. The van der Waals surface area contributed by atoms with E-state index in [1.165, 1.54) is 0 Å². The third-order valence-corrected chi connectivity index (χ3v) is 3.75. The molecule has 4 N–H and O–H groups in total. The maximum absolute atomic E-state index is 8.75. The fraction of sp³-hybridized carbons (Fsp3) is 0.533. The van der Waals surface area contributed by atoms with Gasteiger partial charge in [0.25, 0.3) is 0 Å². The minimum absolute atomic E-state index is 0.0418. The molecular formula is C15H26N4O2. The van der Waals surface area contributed by atoms with Crippen molar-refractivity contribution in [3.8, 4) is 5.75 Å². The van der Waals surface area contributed by atoms with E-state index in [2.05, 4.69) is 43.3 Å². The van der Waals surface area contributed by atoms with Gasteiger partial charge in [0.15, 0.2) is 5.84 Å². The topological polar surface area (TPSA) is 83.1 Å². The highest BCUT2D eigenvalue weighted by Crippen LogP contribution is 2.20. The van der Waals surface area contributed by atoms with Crippen molar-refractivity contribution in [2.75, 3.05) is 27.7 Å². The van der Waals surface area contributed by atoms with Crippen molar-refractivity contribution in [2.45, 2.75) is 25.9 Å². The lowest BCUT2D eigenvalue weighted by atomic mass is 10.0. The van der Waals surface area contributed by atoms with Gasteiger partial charge < -0.3 is 25.9 Å². The van der Waals surface area contributed by atoms with Crippen LogP contribution in [0.4, 0.5) is 0 Å². The highest BCUT2D eigenvalue weighted by Gasteiger charge is 2.19. The molecule has 21 heavy (non-hydrogen) atoms. The Balaban J connectivity index is 2.74. The number of ether oxygens (including phenoxy) is 1. The average Bonchev–Trinajstić information content (AvgIpc) is 2.45. The number of nitrogens with zero attached hydrogens (tertiary/aromatic N) is 2. The van der Waals surface area contributed by atoms with E-state index < -0.39 is 0 Å². The number of hydrogen-bond acceptors (Lipinski definition) is 5. The molecule has 1 aromatic rings. The van der Waals surface area contributed by atoms with Gasteiger partial charge in [-0.1, -0.05) is 11.2 Å². The molecule has 0 aliphatic rings. The summed E-state index contributed by atoms with van der Waals surface area (Å²) in [6.07, 6.45) is 0. The molecule has 118 valence electrons. The number of methoxy groups -OCH3 is 1. The molecule has 6 nitrogen and oxygen atoms in total. The molecule has 0 radical (unpaired) electrons. The predicted molar refractivity (Wildman–Crippen MR) is 85.0 cm³/mol. The molecule has 0 saturated heterocycles. The second-order valence-electron chi connectivity index (χ2n) is 5.83. The first-order valence-corrected chi connectivity index (χ1v) is 6.84. The highest BCUT2D eigenvalue weighted by atomic mass is 16.5. The van der Waals surface area contributed by atoms with Crippen LogP contribution in [0.5, 0.6) is 5.75 Å². The summed E-state index contributed by atoms with van der Waals surface area (Å²) in [5, 5.41) is 15.2. The summed E-state index contributed by atoms with van der Waals surface area (Å²) >= 11 is 0. The molecule has 0 unspecified atom stereocenters. The molecule has 1 rings (SSSR count). The summed E-state index contributed by atoms with van der Waals surface area (Å²) in [5.41, 5.74) is 7.35. The third kappa shape index (κ3) is 4.61. The quantitative estimate of drug-likeness (QED) is 0.305. The number of oxime groups is 1. The van der Waals surface area contributed by atoms with Gasteiger partial charge in [0.1, 0.15) is 5.75 Å². The Hall–Kier alpha value is -1.79. The van der Waals surface area contributed by atoms with Crippen molar-refractivity contribution in [1.29, 1.82) is 0 Å². The molecule has 0 aliphatic carbocycles. The Morgan fingerprint density at radius 3 is 2.62 bits per heavy atom. The number of benzene rings is 1. The molecule has 0 spiro atoms. The molecule has 0 aromatic heterocycles. The van der Waals surface area contributed by atoms with Gasteiger partial charge in [0.05, 0.1) is 12.7 Å². The van der Waals surface area contributed by atoms with Crippen molar-refractivity contribution in [3.05, 3.63) is 29.3 Å². The van der Waals surface area contributed by atoms with Crippen LogP contribution in [0.2, 0.25) is 0 Å². The second-order valence-corrected chi connectivity index (χ2v) is 5.83. The number of hydrogen-bond donors (Lipinski definition) is 3. The van der Waals surface area contributed by atoms with Crippen molar-refractivity contribution in [3.63, 3.8) is 0 Å². The Labute approximate surface area is 126 Å². The normalized spacial score (nSPS) is 12.8. The highest BCUT2D eigenvalue weighted by molar-refractivity contribution is 5.99. The molecule has 0 saturated carbocycles. The predicted octanol–water partition coefficient (Wildman–Crippen LogP) is 1.22. The largest absolute Gasteiger partial charge is 0.496 e. The summed E-state index contributed by atoms with van der Waals surface area (Å²) in [6, 6.07) is 5.62. The van der Waals surface area contributed by atoms with E-state index >= 15 is 0 Å². The van der Waals surface area contributed by atoms with Crippen LogP contribution in [0.1, 0.15) is 25.0 Å². The first kappa shape index (κ1) is 17.3. The third-order valence-electron chi connectivity index (χ3n) is 3.75. The summed E-state index contributed by atoms with van der Waals surface area (Å²) in [6.45, 7) is 5.96. The van der Waals surface area contributed by atoms with Crippen LogP contribution in [0.15, 0.2) is 23.4 Å². The van der Waals surface area contributed by atoms with Gasteiger partial charge in [-0.05, 0) is 45.6 Å². The van der Waals surface area contributed by atoms with Gasteiger partial charge >= 0.3 is 0 Å². The Morgan fingerprint density at radius 2 is 2.10 bits per heavy atom. The Morgan fingerprint density at radius 1 is 1.43 bits per heavy atom. The van der Waals surface area contributed by atoms with Gasteiger partial charge in [-0.2, -0.15) is 0 Å². The van der Waals surface area contributed by atoms with Gasteiger partial charge in [-0.3, -0.25) is 0 Å². The van der Waals surface area contributed by atoms with Gasteiger partial charge in [0.2, 0.25) is 0 Å². The van der Waals surface area contributed by atoms with Crippen molar-refractivity contribution < 1.29 is 9.94 Å². The SMILES string of the molecule is COc1cc(CNCC(C)(C)N(C)C)ccc1/C(N)=N/O. The number of nitrogens with two attached hydrogens (primary N) is 1. The average molecular weight is 294 g/mol. The monoisotopic (exact) mass is 294 g/mol. The molecule has 0 fully saturated rings. The molecule has 6 heteroatoms. The van der Waals surface area contributed by atoms with Crippen LogP contribution in [-0.4, -0.2) is 49.2 Å². The lowest BCUT2D eigenvalue weighted by Crippen LogP contribution is -2.46. The number of amidine groups is 1. The Kier molecular flexibility index (Phi) is 5.99. The van der Waals surface area contributed by atoms with Crippen LogP contribution in [-0.2, 0) is 6.54 Å². The van der Waals surface area contributed by atoms with Gasteiger partial charge in [-0.25, -0.2) is 0 Å². The second kappa shape index (κ2) is 7.28. The smallest absolute Gasteiger partial charge is 0.173 e. The number of rotatable bonds is 7. The molecule has 0 heterocycles. The molecule has 0 aliphatic heterocycles. The van der Waals surface area contributed by atoms with E-state index in [0.717, 1.165) is 18.7 Å². The van der Waals surface area contributed by atoms with E-state index in [0.29, 0.717) is 11.3 Å². The minimum atomic E-state index is 0.0418. The lowest BCUT2D eigenvalue weighted by molar-refractivity contribution is 0.190. The van der Waals surface area contributed by atoms with Crippen LogP contribution in [0, 0.1) is 0 Å². The van der Waals surface area contributed by atoms with Crippen LogP contribution >= 0.6 is 0 Å². The maximum atomic E-state index is 8.75. The van der Waals surface area contributed by atoms with E-state index in [1.54, 1.807) is 13.2 Å². The van der Waals surface area contributed by atoms with Crippen LogP contribution < -0.4 is 15.8 Å². The number of nitrogens with one attached hydrogen (secondary N) is 1. The molecule has 0 amide bonds. The van der Waals surface area contributed by atoms with E-state index in [1.807, 2.05) is 12.1 Å². The van der Waals surface area contributed by atoms with E-state index in [9.17, 15) is 0 Å². The summed E-state index contributed by atoms with van der Waals surface area (Å²) in [5.74, 6) is 0.636. The minimum Gasteiger partial charge on any atom is -0.496 e. The fourth-order valence-electron chi connectivity index (χ4n) is 1.78. The zero-order chi connectivity index (χ0) is 16.0. The fourth-order valence-corrected chi connectivity index (χ4v) is 1.78. The molecular weight excluding hydrogens is 268 g/mol. The molecule has 0 atom stereocenters. The zero-order valence-electron chi connectivity index (χ0n) is 13.5. The summed E-state index contributed by atoms with van der Waals surface area (Å²) < 4.78 is 5.29. The Bertz CT molecular complexity index is 498. The standard InChI is InChI=1S/C15H26N4O2/c1-15(2,19(3)4)10-17-9-11-6-7-12(14(16)18-20)13(8-11)21-5/h6-8,17,20H,9-10H2,1-5H3,(H2,16,18). The maximum Gasteiger partial charge on any atom is 0.173 e. The van der Waals surface area contributed by atoms with E-state index in [4.69, 9.17) is 15.7 Å². The zero-order valence-corrected chi connectivity index (χ0v) is 13.5. The van der Waals surface area contributed by atoms with Gasteiger partial charge in [-0.15, -0.1) is 0 Å². The van der Waals surface area contributed by atoms with Gasteiger partial charge in [0, 0.05) is 18.6 Å². The lowest BCUT2D eigenvalue weighted by Gasteiger charge is -2.32.